The van der Waals surface area contributed by atoms with E-state index in [9.17, 15) is 24.0 Å². The number of rotatable bonds is 14. The van der Waals surface area contributed by atoms with Crippen molar-refractivity contribution in [3.8, 4) is 0 Å². The molecule has 11 nitrogen and oxygen atoms in total. The molecule has 2 unspecified atom stereocenters. The number of amides is 4. The van der Waals surface area contributed by atoms with Crippen molar-refractivity contribution < 1.29 is 33.4 Å². The molecule has 4 amide bonds. The van der Waals surface area contributed by atoms with E-state index < -0.39 is 60.4 Å². The minimum Gasteiger partial charge on any atom is -0.468 e. The summed E-state index contributed by atoms with van der Waals surface area (Å²) in [6.07, 6.45) is 1.85. The van der Waals surface area contributed by atoms with Crippen LogP contribution in [0, 0.1) is 13.8 Å². The minimum absolute atomic E-state index is 0.160. The third kappa shape index (κ3) is 11.7. The molecule has 1 rings (SSSR count). The fourth-order valence-corrected chi connectivity index (χ4v) is 3.86. The molecule has 0 aliphatic rings. The smallest absolute Gasteiger partial charge is 0.408 e. The highest BCUT2D eigenvalue weighted by Gasteiger charge is 2.37. The molecule has 11 heteroatoms. The van der Waals surface area contributed by atoms with Gasteiger partial charge < -0.3 is 30.7 Å². The summed E-state index contributed by atoms with van der Waals surface area (Å²) in [5, 5.41) is 5.00. The second-order valence-corrected chi connectivity index (χ2v) is 10.5. The topological polar surface area (TPSA) is 157 Å². The number of esters is 1. The van der Waals surface area contributed by atoms with Crippen LogP contribution >= 0.6 is 0 Å². The van der Waals surface area contributed by atoms with Gasteiger partial charge in [-0.05, 0) is 57.7 Å². The summed E-state index contributed by atoms with van der Waals surface area (Å²) in [7, 11) is 1.20. The molecule has 0 aliphatic carbocycles. The zero-order chi connectivity index (χ0) is 29.8. The lowest BCUT2D eigenvalue weighted by molar-refractivity contribution is -0.145. The Morgan fingerprint density at radius 3 is 2.23 bits per heavy atom. The van der Waals surface area contributed by atoms with Crippen molar-refractivity contribution in [3.63, 3.8) is 0 Å². The molecule has 0 aliphatic heterocycles. The summed E-state index contributed by atoms with van der Waals surface area (Å²) in [4.78, 5) is 65.1. The maximum atomic E-state index is 14.0. The average molecular weight is 549 g/mol. The quantitative estimate of drug-likeness (QED) is 0.238. The number of nitrogens with one attached hydrogen (secondary N) is 2. The molecule has 0 spiro atoms. The van der Waals surface area contributed by atoms with Crippen LogP contribution in [0.4, 0.5) is 4.79 Å². The molecule has 0 fully saturated rings. The number of hydrogen-bond acceptors (Lipinski definition) is 7. The van der Waals surface area contributed by atoms with Crippen molar-refractivity contribution in [2.24, 2.45) is 5.73 Å². The molecule has 0 radical (unpaired) electrons. The Labute approximate surface area is 231 Å². The molecule has 218 valence electrons. The first-order valence-corrected chi connectivity index (χ1v) is 13.2. The maximum Gasteiger partial charge on any atom is 0.408 e. The largest absolute Gasteiger partial charge is 0.468 e. The highest BCUT2D eigenvalue weighted by Crippen LogP contribution is 2.26. The van der Waals surface area contributed by atoms with Gasteiger partial charge in [0, 0.05) is 6.54 Å². The number of unbranched alkanes of at least 4 members (excludes halogenated alkanes) is 3. The van der Waals surface area contributed by atoms with E-state index in [0.717, 1.165) is 30.4 Å². The summed E-state index contributed by atoms with van der Waals surface area (Å²) < 4.78 is 9.93. The van der Waals surface area contributed by atoms with Crippen molar-refractivity contribution >= 4 is 29.8 Å². The predicted molar refractivity (Wildman–Crippen MR) is 147 cm³/mol. The lowest BCUT2D eigenvalue weighted by Crippen LogP contribution is -2.54. The van der Waals surface area contributed by atoms with Crippen molar-refractivity contribution in [2.45, 2.75) is 91.3 Å². The van der Waals surface area contributed by atoms with Gasteiger partial charge in [-0.15, -0.1) is 0 Å². The van der Waals surface area contributed by atoms with Gasteiger partial charge in [0.1, 0.15) is 24.2 Å². The van der Waals surface area contributed by atoms with E-state index >= 15 is 0 Å². The molecule has 2 atom stereocenters. The van der Waals surface area contributed by atoms with Crippen LogP contribution in [0.5, 0.6) is 0 Å². The molecule has 1 aromatic carbocycles. The zero-order valence-corrected chi connectivity index (χ0v) is 24.2. The fraction of sp³-hybridized carbons (Fsp3) is 0.607. The van der Waals surface area contributed by atoms with E-state index in [0.29, 0.717) is 12.0 Å². The Morgan fingerprint density at radius 2 is 1.69 bits per heavy atom. The number of alkyl carbamates (subject to hydrolysis) is 1. The van der Waals surface area contributed by atoms with E-state index in [4.69, 9.17) is 10.5 Å². The summed E-state index contributed by atoms with van der Waals surface area (Å²) in [6, 6.07) is 2.85. The van der Waals surface area contributed by atoms with E-state index in [1.54, 1.807) is 32.9 Å². The third-order valence-electron chi connectivity index (χ3n) is 5.97. The van der Waals surface area contributed by atoms with Crippen LogP contribution in [0.2, 0.25) is 0 Å². The van der Waals surface area contributed by atoms with Crippen LogP contribution < -0.4 is 16.4 Å². The van der Waals surface area contributed by atoms with Gasteiger partial charge in [0.25, 0.3) is 0 Å². The molecule has 0 bridgehead atoms. The standard InChI is InChI=1S/C28H44N4O7/c1-8-9-10-11-14-32(26(36)21(16-22(29)33)31-27(37)39-28(4,5)6)24(25(35)30-17-23(34)38-7)20-13-12-18(2)19(3)15-20/h12-13,15,21,24H,8-11,14,16-17H2,1-7H3,(H2,29,33)(H,30,35)(H,31,37). The molecule has 39 heavy (non-hydrogen) atoms. The number of carbonyl (C=O) groups is 5. The fourth-order valence-electron chi connectivity index (χ4n) is 3.86. The Hall–Kier alpha value is -3.63. The van der Waals surface area contributed by atoms with Gasteiger partial charge in [0.2, 0.25) is 17.7 Å². The molecule has 0 saturated heterocycles. The van der Waals surface area contributed by atoms with Gasteiger partial charge in [-0.1, -0.05) is 44.4 Å². The van der Waals surface area contributed by atoms with Gasteiger partial charge in [0.15, 0.2) is 0 Å². The molecule has 0 saturated carbocycles. The van der Waals surface area contributed by atoms with Crippen molar-refractivity contribution in [2.75, 3.05) is 20.2 Å². The number of aryl methyl sites for hydroxylation is 2. The Balaban J connectivity index is 3.55. The van der Waals surface area contributed by atoms with Gasteiger partial charge >= 0.3 is 12.1 Å². The summed E-state index contributed by atoms with van der Waals surface area (Å²) in [5.74, 6) is -2.75. The van der Waals surface area contributed by atoms with Gasteiger partial charge in [-0.3, -0.25) is 19.2 Å². The van der Waals surface area contributed by atoms with Crippen molar-refractivity contribution in [1.29, 1.82) is 0 Å². The van der Waals surface area contributed by atoms with Crippen LogP contribution in [-0.4, -0.2) is 66.5 Å². The van der Waals surface area contributed by atoms with Crippen LogP contribution in [0.1, 0.15) is 82.5 Å². The van der Waals surface area contributed by atoms with Gasteiger partial charge in [0.05, 0.1) is 13.5 Å². The number of ether oxygens (including phenoxy) is 2. The Morgan fingerprint density at radius 1 is 1.03 bits per heavy atom. The number of methoxy groups -OCH3 is 1. The van der Waals surface area contributed by atoms with Crippen molar-refractivity contribution in [1.82, 2.24) is 15.5 Å². The number of primary amides is 1. The van der Waals surface area contributed by atoms with Crippen LogP contribution in [0.3, 0.4) is 0 Å². The number of hydrogen-bond donors (Lipinski definition) is 3. The van der Waals surface area contributed by atoms with E-state index in [1.807, 2.05) is 19.9 Å². The number of nitrogens with two attached hydrogens (primary N) is 1. The second kappa shape index (κ2) is 15.7. The number of carbonyl (C=O) groups excluding carboxylic acids is 5. The predicted octanol–water partition coefficient (Wildman–Crippen LogP) is 2.81. The number of benzene rings is 1. The van der Waals surface area contributed by atoms with Crippen LogP contribution in [0.15, 0.2) is 18.2 Å². The van der Waals surface area contributed by atoms with E-state index in [-0.39, 0.29) is 6.54 Å². The van der Waals surface area contributed by atoms with Crippen LogP contribution in [0.25, 0.3) is 0 Å². The normalized spacial score (nSPS) is 12.6. The first kappa shape index (κ1) is 33.4. The summed E-state index contributed by atoms with van der Waals surface area (Å²) in [5.41, 5.74) is 6.98. The highest BCUT2D eigenvalue weighted by molar-refractivity contribution is 5.95. The number of nitrogens with zero attached hydrogens (tertiary/aromatic N) is 1. The molecule has 1 aromatic rings. The first-order valence-electron chi connectivity index (χ1n) is 13.2. The first-order chi connectivity index (χ1) is 18.2. The summed E-state index contributed by atoms with van der Waals surface area (Å²) in [6.45, 7) is 10.6. The van der Waals surface area contributed by atoms with E-state index in [2.05, 4.69) is 22.3 Å². The molecular formula is C28H44N4O7. The molecule has 0 aromatic heterocycles. The Kier molecular flexibility index (Phi) is 13.4. The lowest BCUT2D eigenvalue weighted by atomic mass is 9.97. The Bertz CT molecular complexity index is 1020. The monoisotopic (exact) mass is 548 g/mol. The summed E-state index contributed by atoms with van der Waals surface area (Å²) >= 11 is 0. The highest BCUT2D eigenvalue weighted by atomic mass is 16.6. The lowest BCUT2D eigenvalue weighted by Gasteiger charge is -2.34. The zero-order valence-electron chi connectivity index (χ0n) is 24.2. The molecule has 0 heterocycles. The minimum atomic E-state index is -1.37. The van der Waals surface area contributed by atoms with Gasteiger partial charge in [-0.2, -0.15) is 0 Å². The molecule has 4 N–H and O–H groups in total. The van der Waals surface area contributed by atoms with Gasteiger partial charge in [-0.25, -0.2) is 4.79 Å². The van der Waals surface area contributed by atoms with Crippen LogP contribution in [-0.2, 0) is 28.7 Å². The maximum absolute atomic E-state index is 14.0. The van der Waals surface area contributed by atoms with E-state index in [1.165, 1.54) is 12.0 Å². The third-order valence-corrected chi connectivity index (χ3v) is 5.97. The SMILES string of the molecule is CCCCCCN(C(=O)C(CC(N)=O)NC(=O)OC(C)(C)C)C(C(=O)NCC(=O)OC)c1ccc(C)c(C)c1. The average Bonchev–Trinajstić information content (AvgIpc) is 2.83. The van der Waals surface area contributed by atoms with Crippen molar-refractivity contribution in [3.05, 3.63) is 34.9 Å². The second-order valence-electron chi connectivity index (χ2n) is 10.5. The molecular weight excluding hydrogens is 504 g/mol.